The normalized spacial score (nSPS) is 14.9. The molecule has 0 unspecified atom stereocenters. The van der Waals surface area contributed by atoms with E-state index in [1.165, 1.54) is 0 Å². The second-order valence-electron chi connectivity index (χ2n) is 10.5. The van der Waals surface area contributed by atoms with Gasteiger partial charge in [-0.25, -0.2) is 9.78 Å². The Morgan fingerprint density at radius 2 is 1.80 bits per heavy atom. The highest BCUT2D eigenvalue weighted by atomic mass is 35.5. The summed E-state index contributed by atoms with van der Waals surface area (Å²) in [5.74, 6) is -0.112. The maximum absolute atomic E-state index is 13.4. The number of benzene rings is 1. The number of hydrogen-bond acceptors (Lipinski definition) is 5. The predicted octanol–water partition coefficient (Wildman–Crippen LogP) is 5.13. The molecule has 4 rings (SSSR count). The molecule has 0 radical (unpaired) electrons. The summed E-state index contributed by atoms with van der Waals surface area (Å²) in [5, 5.41) is 6.55. The topological polar surface area (TPSA) is 90.5 Å². The Hall–Kier alpha value is -3.49. The van der Waals surface area contributed by atoms with Crippen LogP contribution in [-0.2, 0) is 13.1 Å². The van der Waals surface area contributed by atoms with Crippen LogP contribution in [0.25, 0.3) is 0 Å². The number of nitrogens with zero attached hydrogens (tertiary/aromatic N) is 4. The third kappa shape index (κ3) is 8.02. The summed E-state index contributed by atoms with van der Waals surface area (Å²) in [6, 6.07) is 16.1. The van der Waals surface area contributed by atoms with E-state index in [1.807, 2.05) is 42.2 Å². The second kappa shape index (κ2) is 14.2. The first-order valence-electron chi connectivity index (χ1n) is 13.9. The number of hydrogen-bond donors (Lipinski definition) is 2. The highest BCUT2D eigenvalue weighted by Gasteiger charge is 2.29. The van der Waals surface area contributed by atoms with Gasteiger partial charge in [0.2, 0.25) is 0 Å². The zero-order valence-corrected chi connectivity index (χ0v) is 24.3. The van der Waals surface area contributed by atoms with Crippen LogP contribution >= 0.6 is 11.6 Å². The summed E-state index contributed by atoms with van der Waals surface area (Å²) >= 11 is 6.01. The van der Waals surface area contributed by atoms with Crippen molar-refractivity contribution in [3.63, 3.8) is 0 Å². The molecule has 3 amide bonds. The summed E-state index contributed by atoms with van der Waals surface area (Å²) in [4.78, 5) is 38.9. The lowest BCUT2D eigenvalue weighted by Gasteiger charge is -2.40. The Kier molecular flexibility index (Phi) is 10.5. The first kappa shape index (κ1) is 29.5. The Morgan fingerprint density at radius 3 is 2.48 bits per heavy atom. The summed E-state index contributed by atoms with van der Waals surface area (Å²) in [6.45, 7) is 9.30. The van der Waals surface area contributed by atoms with Gasteiger partial charge in [0.05, 0.1) is 11.3 Å². The van der Waals surface area contributed by atoms with E-state index in [0.29, 0.717) is 42.1 Å². The predicted molar refractivity (Wildman–Crippen MR) is 158 cm³/mol. The lowest BCUT2D eigenvalue weighted by atomic mass is 10.00. The molecule has 8 nitrogen and oxygen atoms in total. The lowest BCUT2D eigenvalue weighted by Crippen LogP contribution is -2.51. The number of urea groups is 1. The monoisotopic (exact) mass is 562 g/mol. The largest absolute Gasteiger partial charge is 0.352 e. The third-order valence-corrected chi connectivity index (χ3v) is 7.82. The van der Waals surface area contributed by atoms with Crippen molar-refractivity contribution in [2.45, 2.75) is 65.2 Å². The van der Waals surface area contributed by atoms with E-state index in [0.717, 1.165) is 49.0 Å². The number of rotatable bonds is 10. The first-order chi connectivity index (χ1) is 19.3. The van der Waals surface area contributed by atoms with Gasteiger partial charge in [-0.2, -0.15) is 0 Å². The van der Waals surface area contributed by atoms with Crippen LogP contribution in [0.1, 0.15) is 58.9 Å². The van der Waals surface area contributed by atoms with Gasteiger partial charge in [0, 0.05) is 57.2 Å². The number of likely N-dealkylation sites (tertiary alicyclic amines) is 1. The average Bonchev–Trinajstić information content (AvgIpc) is 2.95. The highest BCUT2D eigenvalue weighted by Crippen LogP contribution is 2.22. The Balaban J connectivity index is 1.29. The molecule has 2 N–H and O–H groups in total. The molecule has 0 spiro atoms. The smallest absolute Gasteiger partial charge is 0.318 e. The second-order valence-corrected chi connectivity index (χ2v) is 10.9. The van der Waals surface area contributed by atoms with E-state index in [-0.39, 0.29) is 18.0 Å². The zero-order chi connectivity index (χ0) is 28.5. The van der Waals surface area contributed by atoms with Gasteiger partial charge in [-0.3, -0.25) is 9.78 Å². The number of carbonyl (C=O) groups is 2. The fourth-order valence-electron chi connectivity index (χ4n) is 5.36. The van der Waals surface area contributed by atoms with Crippen LogP contribution < -0.4 is 10.6 Å². The van der Waals surface area contributed by atoms with Gasteiger partial charge in [0.15, 0.2) is 0 Å². The fourth-order valence-corrected chi connectivity index (χ4v) is 5.65. The summed E-state index contributed by atoms with van der Waals surface area (Å²) in [5.41, 5.74) is 4.16. The van der Waals surface area contributed by atoms with E-state index in [9.17, 15) is 9.59 Å². The zero-order valence-electron chi connectivity index (χ0n) is 23.6. The van der Waals surface area contributed by atoms with Crippen molar-refractivity contribution in [3.05, 3.63) is 94.0 Å². The van der Waals surface area contributed by atoms with Crippen molar-refractivity contribution in [1.29, 1.82) is 0 Å². The summed E-state index contributed by atoms with van der Waals surface area (Å²) in [7, 11) is 0. The van der Waals surface area contributed by atoms with E-state index >= 15 is 0 Å². The minimum atomic E-state index is -0.112. The molecule has 9 heteroatoms. The molecule has 1 aliphatic rings. The Morgan fingerprint density at radius 1 is 1.07 bits per heavy atom. The van der Waals surface area contributed by atoms with E-state index in [1.54, 1.807) is 25.4 Å². The van der Waals surface area contributed by atoms with Crippen LogP contribution in [-0.4, -0.2) is 63.4 Å². The minimum absolute atomic E-state index is 0.0517. The molecule has 1 atom stereocenters. The number of piperidine rings is 1. The van der Waals surface area contributed by atoms with Crippen molar-refractivity contribution < 1.29 is 9.59 Å². The number of amides is 3. The molecule has 40 heavy (non-hydrogen) atoms. The molecule has 3 aromatic rings. The van der Waals surface area contributed by atoms with Crippen molar-refractivity contribution in [2.75, 3.05) is 19.6 Å². The summed E-state index contributed by atoms with van der Waals surface area (Å²) < 4.78 is 0. The molecular formula is C31H39ClN6O2. The highest BCUT2D eigenvalue weighted by molar-refractivity contribution is 6.29. The van der Waals surface area contributed by atoms with Crippen LogP contribution in [0.2, 0.25) is 5.15 Å². The molecule has 212 valence electrons. The van der Waals surface area contributed by atoms with Crippen LogP contribution in [0.15, 0.2) is 60.9 Å². The SMILES string of the molecule is Cc1cc(Cl)nc(C)c1C(=O)NCC[C@@H](C)N1CCC(N(Cc2ccccc2)C(=O)NCc2cccnc2)CC1. The minimum Gasteiger partial charge on any atom is -0.352 e. The van der Waals surface area contributed by atoms with Crippen LogP contribution in [0, 0.1) is 13.8 Å². The number of aryl methyl sites for hydroxylation is 2. The van der Waals surface area contributed by atoms with Crippen molar-refractivity contribution >= 4 is 23.5 Å². The first-order valence-corrected chi connectivity index (χ1v) is 14.3. The van der Waals surface area contributed by atoms with E-state index in [4.69, 9.17) is 11.6 Å². The molecule has 0 aliphatic carbocycles. The van der Waals surface area contributed by atoms with Gasteiger partial charge in [0.1, 0.15) is 5.15 Å². The van der Waals surface area contributed by atoms with Crippen LogP contribution in [0.4, 0.5) is 4.79 Å². The lowest BCUT2D eigenvalue weighted by molar-refractivity contribution is 0.0903. The molecular weight excluding hydrogens is 524 g/mol. The fraction of sp³-hybridized carbons (Fsp3) is 0.419. The number of aromatic nitrogens is 2. The number of carbonyl (C=O) groups excluding carboxylic acids is 2. The van der Waals surface area contributed by atoms with Gasteiger partial charge in [-0.1, -0.05) is 48.0 Å². The Bertz CT molecular complexity index is 1240. The molecule has 1 saturated heterocycles. The summed E-state index contributed by atoms with van der Waals surface area (Å²) in [6.07, 6.45) is 6.15. The Labute approximate surface area is 242 Å². The number of nitrogens with one attached hydrogen (secondary N) is 2. The van der Waals surface area contributed by atoms with Crippen molar-refractivity contribution in [1.82, 2.24) is 30.4 Å². The molecule has 1 aliphatic heterocycles. The van der Waals surface area contributed by atoms with Gasteiger partial charge < -0.3 is 20.4 Å². The van der Waals surface area contributed by atoms with E-state index < -0.39 is 0 Å². The van der Waals surface area contributed by atoms with E-state index in [2.05, 4.69) is 44.6 Å². The van der Waals surface area contributed by atoms with Gasteiger partial charge in [-0.05, 0) is 68.9 Å². The maximum atomic E-state index is 13.4. The maximum Gasteiger partial charge on any atom is 0.318 e. The van der Waals surface area contributed by atoms with Crippen LogP contribution in [0.5, 0.6) is 0 Å². The van der Waals surface area contributed by atoms with Crippen LogP contribution in [0.3, 0.4) is 0 Å². The van der Waals surface area contributed by atoms with Gasteiger partial charge in [-0.15, -0.1) is 0 Å². The third-order valence-electron chi connectivity index (χ3n) is 7.63. The van der Waals surface area contributed by atoms with Gasteiger partial charge in [0.25, 0.3) is 5.91 Å². The molecule has 0 bridgehead atoms. The molecule has 1 aromatic carbocycles. The standard InChI is InChI=1S/C31H39ClN6O2/c1-22-18-28(32)36-24(3)29(22)30(39)34-15-11-23(2)37-16-12-27(13-17-37)38(21-25-8-5-4-6-9-25)31(40)35-20-26-10-7-14-33-19-26/h4-10,14,18-19,23,27H,11-13,15-17,20-21H2,1-3H3,(H,34,39)(H,35,40)/t23-/m1/s1. The number of pyridine rings is 2. The van der Waals surface area contributed by atoms with Crippen molar-refractivity contribution in [3.8, 4) is 0 Å². The molecule has 0 saturated carbocycles. The average molecular weight is 563 g/mol. The van der Waals surface area contributed by atoms with Crippen molar-refractivity contribution in [2.24, 2.45) is 0 Å². The van der Waals surface area contributed by atoms with Gasteiger partial charge >= 0.3 is 6.03 Å². The molecule has 1 fully saturated rings. The molecule has 3 heterocycles. The molecule has 2 aromatic heterocycles. The quantitative estimate of drug-likeness (QED) is 0.334. The number of halogens is 1.